The standard InChI is InChI=1S/C23H20ClN3O2S2/c1-14-3-6-16(7-4-14)12-27-22(29)21-19(9-10-30-21)26-23(27)31-13-20(28)25-17-8-5-15(2)18(24)11-17/h3-11H,12-13H2,1-2H3,(H,25,28). The monoisotopic (exact) mass is 469 g/mol. The number of hydrogen-bond acceptors (Lipinski definition) is 5. The third kappa shape index (κ3) is 5.01. The van der Waals surface area contributed by atoms with Crippen LogP contribution in [0.2, 0.25) is 5.02 Å². The second-order valence-electron chi connectivity index (χ2n) is 7.21. The first-order chi connectivity index (χ1) is 14.9. The van der Waals surface area contributed by atoms with Gasteiger partial charge in [-0.1, -0.05) is 59.3 Å². The van der Waals surface area contributed by atoms with Crippen molar-refractivity contribution in [3.8, 4) is 0 Å². The van der Waals surface area contributed by atoms with E-state index in [-0.39, 0.29) is 17.2 Å². The van der Waals surface area contributed by atoms with Gasteiger partial charge < -0.3 is 5.32 Å². The lowest BCUT2D eigenvalue weighted by Gasteiger charge is -2.12. The Morgan fingerprint density at radius 2 is 1.94 bits per heavy atom. The second kappa shape index (κ2) is 9.26. The molecular formula is C23H20ClN3O2S2. The van der Waals surface area contributed by atoms with E-state index >= 15 is 0 Å². The first-order valence-corrected chi connectivity index (χ1v) is 11.9. The molecule has 0 radical (unpaired) electrons. The van der Waals surface area contributed by atoms with Crippen LogP contribution in [0.1, 0.15) is 16.7 Å². The van der Waals surface area contributed by atoms with Crippen molar-refractivity contribution in [2.24, 2.45) is 0 Å². The third-order valence-corrected chi connectivity index (χ3v) is 7.06. The Hall–Kier alpha value is -2.61. The van der Waals surface area contributed by atoms with Gasteiger partial charge in [-0.25, -0.2) is 4.98 Å². The molecular weight excluding hydrogens is 450 g/mol. The van der Waals surface area contributed by atoms with E-state index in [9.17, 15) is 9.59 Å². The number of thiophene rings is 1. The zero-order chi connectivity index (χ0) is 22.0. The summed E-state index contributed by atoms with van der Waals surface area (Å²) in [5.41, 5.74) is 4.32. The maximum Gasteiger partial charge on any atom is 0.272 e. The molecule has 8 heteroatoms. The maximum atomic E-state index is 13.1. The van der Waals surface area contributed by atoms with E-state index in [0.29, 0.717) is 32.6 Å². The molecule has 0 atom stereocenters. The molecule has 0 aliphatic heterocycles. The first-order valence-electron chi connectivity index (χ1n) is 9.63. The van der Waals surface area contributed by atoms with E-state index in [4.69, 9.17) is 11.6 Å². The minimum Gasteiger partial charge on any atom is -0.325 e. The van der Waals surface area contributed by atoms with E-state index in [1.165, 1.54) is 23.1 Å². The summed E-state index contributed by atoms with van der Waals surface area (Å²) in [6.45, 7) is 4.33. The van der Waals surface area contributed by atoms with Crippen molar-refractivity contribution >= 4 is 56.5 Å². The van der Waals surface area contributed by atoms with Crippen LogP contribution in [-0.2, 0) is 11.3 Å². The van der Waals surface area contributed by atoms with E-state index in [2.05, 4.69) is 10.3 Å². The quantitative estimate of drug-likeness (QED) is 0.299. The van der Waals surface area contributed by atoms with Gasteiger partial charge in [0.15, 0.2) is 5.16 Å². The molecule has 2 aromatic heterocycles. The molecule has 0 saturated carbocycles. The van der Waals surface area contributed by atoms with Gasteiger partial charge in [0, 0.05) is 10.7 Å². The molecule has 31 heavy (non-hydrogen) atoms. The predicted molar refractivity (Wildman–Crippen MR) is 130 cm³/mol. The molecule has 0 fully saturated rings. The topological polar surface area (TPSA) is 64.0 Å². The number of hydrogen-bond donors (Lipinski definition) is 1. The number of fused-ring (bicyclic) bond motifs is 1. The van der Waals surface area contributed by atoms with Gasteiger partial charge in [-0.3, -0.25) is 14.2 Å². The molecule has 4 rings (SSSR count). The lowest BCUT2D eigenvalue weighted by molar-refractivity contribution is -0.113. The summed E-state index contributed by atoms with van der Waals surface area (Å²) >= 11 is 8.77. The Morgan fingerprint density at radius 1 is 1.16 bits per heavy atom. The van der Waals surface area contributed by atoms with Crippen LogP contribution in [0.4, 0.5) is 5.69 Å². The molecule has 0 saturated heterocycles. The van der Waals surface area contributed by atoms with Gasteiger partial charge in [0.05, 0.1) is 17.8 Å². The Labute approximate surface area is 193 Å². The number of amides is 1. The van der Waals surface area contributed by atoms with Crippen LogP contribution in [0.25, 0.3) is 10.2 Å². The van der Waals surface area contributed by atoms with Crippen LogP contribution in [0, 0.1) is 13.8 Å². The molecule has 0 spiro atoms. The summed E-state index contributed by atoms with van der Waals surface area (Å²) in [5.74, 6) is -0.0620. The minimum atomic E-state index is -0.188. The van der Waals surface area contributed by atoms with Crippen molar-refractivity contribution in [2.75, 3.05) is 11.1 Å². The van der Waals surface area contributed by atoms with Crippen LogP contribution in [0.3, 0.4) is 0 Å². The molecule has 0 unspecified atom stereocenters. The molecule has 0 bridgehead atoms. The molecule has 158 valence electrons. The van der Waals surface area contributed by atoms with Crippen LogP contribution in [0.15, 0.2) is 63.9 Å². The highest BCUT2D eigenvalue weighted by molar-refractivity contribution is 7.99. The summed E-state index contributed by atoms with van der Waals surface area (Å²) in [5, 5.41) is 5.82. The number of carbonyl (C=O) groups excluding carboxylic acids is 1. The Kier molecular flexibility index (Phi) is 6.46. The largest absolute Gasteiger partial charge is 0.325 e. The van der Waals surface area contributed by atoms with Crippen molar-refractivity contribution in [2.45, 2.75) is 25.5 Å². The average Bonchev–Trinajstić information content (AvgIpc) is 3.22. The van der Waals surface area contributed by atoms with Crippen LogP contribution in [-0.4, -0.2) is 21.2 Å². The zero-order valence-electron chi connectivity index (χ0n) is 17.0. The minimum absolute atomic E-state index is 0.0891. The van der Waals surface area contributed by atoms with E-state index in [1.807, 2.05) is 61.7 Å². The van der Waals surface area contributed by atoms with E-state index < -0.39 is 0 Å². The molecule has 1 N–H and O–H groups in total. The van der Waals surface area contributed by atoms with Gasteiger partial charge in [0.25, 0.3) is 5.56 Å². The van der Waals surface area contributed by atoms with Gasteiger partial charge >= 0.3 is 0 Å². The SMILES string of the molecule is Cc1ccc(Cn2c(SCC(=O)Nc3ccc(C)c(Cl)c3)nc3ccsc3c2=O)cc1. The van der Waals surface area contributed by atoms with Crippen molar-refractivity contribution in [1.29, 1.82) is 0 Å². The van der Waals surface area contributed by atoms with Gasteiger partial charge in [0.2, 0.25) is 5.91 Å². The highest BCUT2D eigenvalue weighted by Crippen LogP contribution is 2.23. The van der Waals surface area contributed by atoms with Crippen molar-refractivity contribution in [3.63, 3.8) is 0 Å². The van der Waals surface area contributed by atoms with Gasteiger partial charge in [0.1, 0.15) is 4.70 Å². The van der Waals surface area contributed by atoms with Gasteiger partial charge in [-0.05, 0) is 48.6 Å². The summed E-state index contributed by atoms with van der Waals surface area (Å²) in [6.07, 6.45) is 0. The fraction of sp³-hybridized carbons (Fsp3) is 0.174. The van der Waals surface area contributed by atoms with Crippen LogP contribution < -0.4 is 10.9 Å². The Morgan fingerprint density at radius 3 is 2.68 bits per heavy atom. The van der Waals surface area contributed by atoms with Crippen molar-refractivity contribution < 1.29 is 4.79 Å². The van der Waals surface area contributed by atoms with Crippen molar-refractivity contribution in [1.82, 2.24) is 9.55 Å². The smallest absolute Gasteiger partial charge is 0.272 e. The molecule has 5 nitrogen and oxygen atoms in total. The number of benzene rings is 2. The van der Waals surface area contributed by atoms with Crippen LogP contribution >= 0.6 is 34.7 Å². The molecule has 0 aliphatic carbocycles. The molecule has 2 aromatic carbocycles. The fourth-order valence-corrected chi connectivity index (χ4v) is 4.80. The third-order valence-electron chi connectivity index (χ3n) is 4.78. The fourth-order valence-electron chi connectivity index (χ4n) is 3.05. The normalized spacial score (nSPS) is 11.1. The summed E-state index contributed by atoms with van der Waals surface area (Å²) in [6, 6.07) is 15.3. The van der Waals surface area contributed by atoms with Crippen LogP contribution in [0.5, 0.6) is 0 Å². The van der Waals surface area contributed by atoms with E-state index in [0.717, 1.165) is 16.7 Å². The number of aromatic nitrogens is 2. The maximum absolute atomic E-state index is 13.1. The molecule has 0 aliphatic rings. The highest BCUT2D eigenvalue weighted by atomic mass is 35.5. The molecule has 2 heterocycles. The lowest BCUT2D eigenvalue weighted by atomic mass is 10.1. The molecule has 1 amide bonds. The number of aryl methyl sites for hydroxylation is 2. The number of rotatable bonds is 6. The molecule has 4 aromatic rings. The Bertz CT molecular complexity index is 1310. The number of thioether (sulfide) groups is 1. The lowest BCUT2D eigenvalue weighted by Crippen LogP contribution is -2.24. The predicted octanol–water partition coefficient (Wildman–Crippen LogP) is 5.51. The number of carbonyl (C=O) groups is 1. The number of anilines is 1. The second-order valence-corrected chi connectivity index (χ2v) is 9.47. The Balaban J connectivity index is 1.57. The summed E-state index contributed by atoms with van der Waals surface area (Å²) < 4.78 is 2.26. The van der Waals surface area contributed by atoms with Crippen molar-refractivity contribution in [3.05, 3.63) is 86.0 Å². The van der Waals surface area contributed by atoms with Gasteiger partial charge in [-0.15, -0.1) is 11.3 Å². The highest BCUT2D eigenvalue weighted by Gasteiger charge is 2.15. The summed E-state index contributed by atoms with van der Waals surface area (Å²) in [7, 11) is 0. The first kappa shape index (κ1) is 21.6. The van der Waals surface area contributed by atoms with E-state index in [1.54, 1.807) is 10.6 Å². The summed E-state index contributed by atoms with van der Waals surface area (Å²) in [4.78, 5) is 30.2. The number of nitrogens with zero attached hydrogens (tertiary/aromatic N) is 2. The zero-order valence-corrected chi connectivity index (χ0v) is 19.4. The number of halogens is 1. The number of nitrogens with one attached hydrogen (secondary N) is 1. The average molecular weight is 470 g/mol. The van der Waals surface area contributed by atoms with Gasteiger partial charge in [-0.2, -0.15) is 0 Å².